The van der Waals surface area contributed by atoms with Gasteiger partial charge in [-0.25, -0.2) is 14.8 Å². The fraction of sp³-hybridized carbons (Fsp3) is 0. The molecule has 0 aliphatic rings. The molecule has 0 saturated carbocycles. The lowest BCUT2D eigenvalue weighted by molar-refractivity contribution is 0.0697. The number of benzene rings is 1. The lowest BCUT2D eigenvalue weighted by Crippen LogP contribution is -1.96. The van der Waals surface area contributed by atoms with E-state index in [1.807, 2.05) is 0 Å². The molecule has 1 aromatic carbocycles. The molecule has 1 heterocycles. The first-order valence-electron chi connectivity index (χ1n) is 4.29. The molecule has 0 saturated heterocycles. The lowest BCUT2D eigenvalue weighted by Gasteiger charge is -2.00. The highest BCUT2D eigenvalue weighted by atomic mass is 16.4. The molecule has 0 bridgehead atoms. The van der Waals surface area contributed by atoms with E-state index in [0.29, 0.717) is 5.69 Å². The van der Waals surface area contributed by atoms with Crippen molar-refractivity contribution in [3.8, 4) is 11.3 Å². The predicted octanol–water partition coefficient (Wildman–Crippen LogP) is 1.64. The summed E-state index contributed by atoms with van der Waals surface area (Å²) in [5.41, 5.74) is 1.65. The number of hydrogen-bond donors (Lipinski definition) is 1. The number of carboxylic acids is 1. The Bertz CT molecular complexity index is 483. The fourth-order valence-electron chi connectivity index (χ4n) is 1.23. The molecule has 4 heteroatoms. The van der Waals surface area contributed by atoms with Crippen molar-refractivity contribution in [2.45, 2.75) is 0 Å². The molecule has 0 atom stereocenters. The van der Waals surface area contributed by atoms with Gasteiger partial charge < -0.3 is 5.11 Å². The summed E-state index contributed by atoms with van der Waals surface area (Å²) in [4.78, 5) is 18.4. The van der Waals surface area contributed by atoms with Gasteiger partial charge in [0, 0.05) is 5.56 Å². The van der Waals surface area contributed by atoms with E-state index in [0.717, 1.165) is 5.56 Å². The third kappa shape index (κ3) is 1.99. The normalized spacial score (nSPS) is 9.87. The van der Waals surface area contributed by atoms with Gasteiger partial charge in [-0.1, -0.05) is 12.1 Å². The van der Waals surface area contributed by atoms with Gasteiger partial charge in [-0.3, -0.25) is 0 Å². The van der Waals surface area contributed by atoms with Gasteiger partial charge in [-0.05, 0) is 18.2 Å². The number of carbonyl (C=O) groups is 1. The second kappa shape index (κ2) is 3.88. The van der Waals surface area contributed by atoms with Crippen molar-refractivity contribution in [3.05, 3.63) is 48.4 Å². The Labute approximate surface area is 86.2 Å². The zero-order chi connectivity index (χ0) is 10.7. The van der Waals surface area contributed by atoms with Crippen LogP contribution in [-0.2, 0) is 0 Å². The zero-order valence-corrected chi connectivity index (χ0v) is 7.71. The topological polar surface area (TPSA) is 63.1 Å². The van der Waals surface area contributed by atoms with Crippen LogP contribution in [0.5, 0.6) is 0 Å². The van der Waals surface area contributed by atoms with Gasteiger partial charge in [0.15, 0.2) is 0 Å². The van der Waals surface area contributed by atoms with E-state index in [9.17, 15) is 4.79 Å². The van der Waals surface area contributed by atoms with Crippen LogP contribution in [0.3, 0.4) is 0 Å². The standard InChI is InChI=1S/C11H7N2O2/c14-11(15)9-3-1-2-8(6-9)10-4-5-12-7-13-10/h1-4,6-7H,(H,14,15). The van der Waals surface area contributed by atoms with Crippen LogP contribution < -0.4 is 0 Å². The minimum absolute atomic E-state index is 0.242. The Morgan fingerprint density at radius 1 is 1.40 bits per heavy atom. The van der Waals surface area contributed by atoms with Crippen molar-refractivity contribution >= 4 is 5.97 Å². The third-order valence-corrected chi connectivity index (χ3v) is 1.94. The Kier molecular flexibility index (Phi) is 2.41. The monoisotopic (exact) mass is 199 g/mol. The fourth-order valence-corrected chi connectivity index (χ4v) is 1.23. The van der Waals surface area contributed by atoms with Gasteiger partial charge in [0.25, 0.3) is 0 Å². The van der Waals surface area contributed by atoms with Crippen LogP contribution in [0.1, 0.15) is 10.4 Å². The summed E-state index contributed by atoms with van der Waals surface area (Å²) in [5, 5.41) is 8.82. The molecule has 0 fully saturated rings. The average Bonchev–Trinajstić information content (AvgIpc) is 2.30. The van der Waals surface area contributed by atoms with Crippen molar-refractivity contribution in [1.82, 2.24) is 9.97 Å². The Morgan fingerprint density at radius 2 is 2.27 bits per heavy atom. The van der Waals surface area contributed by atoms with Crippen LogP contribution in [0.25, 0.3) is 11.3 Å². The maximum atomic E-state index is 10.7. The summed E-state index contributed by atoms with van der Waals surface area (Å²) in [6.07, 6.45) is 4.03. The third-order valence-electron chi connectivity index (χ3n) is 1.94. The quantitative estimate of drug-likeness (QED) is 0.798. The van der Waals surface area contributed by atoms with Gasteiger partial charge in [0.05, 0.1) is 17.5 Å². The average molecular weight is 199 g/mol. The smallest absolute Gasteiger partial charge is 0.335 e. The van der Waals surface area contributed by atoms with Crippen molar-refractivity contribution in [2.75, 3.05) is 0 Å². The Balaban J connectivity index is 2.46. The zero-order valence-electron chi connectivity index (χ0n) is 7.71. The molecule has 0 aliphatic carbocycles. The summed E-state index contributed by atoms with van der Waals surface area (Å²) in [7, 11) is 0. The number of aromatic carboxylic acids is 1. The molecule has 1 radical (unpaired) electrons. The number of carboxylic acid groups (broad SMARTS) is 1. The van der Waals surface area contributed by atoms with Crippen LogP contribution in [0.2, 0.25) is 0 Å². The summed E-state index contributed by atoms with van der Waals surface area (Å²) >= 11 is 0. The molecule has 2 aromatic rings. The molecule has 0 spiro atoms. The van der Waals surface area contributed by atoms with E-state index in [4.69, 9.17) is 5.11 Å². The van der Waals surface area contributed by atoms with Gasteiger partial charge in [-0.15, -0.1) is 0 Å². The number of nitrogens with zero attached hydrogens (tertiary/aromatic N) is 2. The molecule has 4 nitrogen and oxygen atoms in total. The van der Waals surface area contributed by atoms with Crippen LogP contribution in [-0.4, -0.2) is 21.0 Å². The molecule has 73 valence electrons. The SMILES string of the molecule is O=C(O)c1cccc(-c2c[c]ncn2)c1. The highest BCUT2D eigenvalue weighted by molar-refractivity contribution is 5.89. The van der Waals surface area contributed by atoms with E-state index in [1.54, 1.807) is 24.3 Å². The van der Waals surface area contributed by atoms with E-state index in [-0.39, 0.29) is 5.56 Å². The van der Waals surface area contributed by atoms with Crippen LogP contribution in [0.15, 0.2) is 36.7 Å². The second-order valence-electron chi connectivity index (χ2n) is 2.92. The van der Waals surface area contributed by atoms with Crippen molar-refractivity contribution < 1.29 is 9.90 Å². The van der Waals surface area contributed by atoms with Gasteiger partial charge in [0.1, 0.15) is 6.33 Å². The molecule has 1 N–H and O–H groups in total. The second-order valence-corrected chi connectivity index (χ2v) is 2.92. The highest BCUT2D eigenvalue weighted by Crippen LogP contribution is 2.16. The maximum Gasteiger partial charge on any atom is 0.335 e. The van der Waals surface area contributed by atoms with Crippen LogP contribution >= 0.6 is 0 Å². The molecule has 2 rings (SSSR count). The molecule has 0 aliphatic heterocycles. The van der Waals surface area contributed by atoms with E-state index in [1.165, 1.54) is 12.4 Å². The number of hydrogen-bond acceptors (Lipinski definition) is 3. The van der Waals surface area contributed by atoms with Gasteiger partial charge in [-0.2, -0.15) is 0 Å². The predicted molar refractivity (Wildman–Crippen MR) is 53.3 cm³/mol. The maximum absolute atomic E-state index is 10.7. The first-order valence-corrected chi connectivity index (χ1v) is 4.29. The molecule has 0 amide bonds. The largest absolute Gasteiger partial charge is 0.478 e. The van der Waals surface area contributed by atoms with E-state index >= 15 is 0 Å². The van der Waals surface area contributed by atoms with E-state index in [2.05, 4.69) is 16.2 Å². The molecular formula is C11H7N2O2. The highest BCUT2D eigenvalue weighted by Gasteiger charge is 2.04. The summed E-state index contributed by atoms with van der Waals surface area (Å²) in [6, 6.07) is 8.19. The summed E-state index contributed by atoms with van der Waals surface area (Å²) < 4.78 is 0. The van der Waals surface area contributed by atoms with Crippen molar-refractivity contribution in [3.63, 3.8) is 0 Å². The minimum Gasteiger partial charge on any atom is -0.478 e. The Hall–Kier alpha value is -2.23. The van der Waals surface area contributed by atoms with Crippen molar-refractivity contribution in [2.24, 2.45) is 0 Å². The summed E-state index contributed by atoms with van der Waals surface area (Å²) in [5.74, 6) is -0.949. The molecule has 0 unspecified atom stereocenters. The first-order chi connectivity index (χ1) is 7.27. The van der Waals surface area contributed by atoms with Gasteiger partial charge in [0.2, 0.25) is 0 Å². The number of rotatable bonds is 2. The van der Waals surface area contributed by atoms with Crippen LogP contribution in [0.4, 0.5) is 0 Å². The first kappa shape index (κ1) is 9.33. The van der Waals surface area contributed by atoms with Crippen LogP contribution in [0, 0.1) is 6.20 Å². The molecule has 15 heavy (non-hydrogen) atoms. The van der Waals surface area contributed by atoms with Gasteiger partial charge >= 0.3 is 5.97 Å². The summed E-state index contributed by atoms with van der Waals surface area (Å²) in [6.45, 7) is 0. The minimum atomic E-state index is -0.949. The molecule has 1 aromatic heterocycles. The number of aromatic nitrogens is 2. The lowest BCUT2D eigenvalue weighted by atomic mass is 10.1. The van der Waals surface area contributed by atoms with Crippen molar-refractivity contribution in [1.29, 1.82) is 0 Å². The van der Waals surface area contributed by atoms with E-state index < -0.39 is 5.97 Å². The molecular weight excluding hydrogens is 192 g/mol. The Morgan fingerprint density at radius 3 is 2.93 bits per heavy atom.